The summed E-state index contributed by atoms with van der Waals surface area (Å²) in [5.74, 6) is 0.983. The highest BCUT2D eigenvalue weighted by Gasteiger charge is 2.43. The summed E-state index contributed by atoms with van der Waals surface area (Å²) >= 11 is 0. The predicted molar refractivity (Wildman–Crippen MR) is 69.7 cm³/mol. The van der Waals surface area contributed by atoms with Crippen molar-refractivity contribution in [1.29, 1.82) is 0 Å². The van der Waals surface area contributed by atoms with E-state index in [0.717, 1.165) is 18.8 Å². The minimum Gasteiger partial charge on any atom is -0.368 e. The van der Waals surface area contributed by atoms with Gasteiger partial charge in [-0.05, 0) is 31.1 Å². The van der Waals surface area contributed by atoms with Gasteiger partial charge >= 0.3 is 0 Å². The Kier molecular flexibility index (Phi) is 4.25. The van der Waals surface area contributed by atoms with Crippen molar-refractivity contribution in [3.8, 4) is 0 Å². The molecule has 3 unspecified atom stereocenters. The third-order valence-corrected chi connectivity index (χ3v) is 4.50. The molecule has 0 radical (unpaired) electrons. The van der Waals surface area contributed by atoms with Gasteiger partial charge in [0, 0.05) is 12.5 Å². The molecule has 0 aromatic heterocycles. The third kappa shape index (κ3) is 2.85. The summed E-state index contributed by atoms with van der Waals surface area (Å²) in [7, 11) is 0. The molecule has 0 spiro atoms. The fourth-order valence-corrected chi connectivity index (χ4v) is 3.63. The molecular weight excluding hydrogens is 228 g/mol. The number of hydrogen-bond acceptors (Lipinski definition) is 2. The van der Waals surface area contributed by atoms with E-state index in [4.69, 9.17) is 5.73 Å². The molecule has 2 fully saturated rings. The second-order valence-electron chi connectivity index (χ2n) is 5.84. The lowest BCUT2D eigenvalue weighted by Crippen LogP contribution is -2.43. The van der Waals surface area contributed by atoms with Crippen LogP contribution in [0.3, 0.4) is 0 Å². The Hall–Kier alpha value is -1.06. The number of primary amides is 1. The average Bonchev–Trinajstić information content (AvgIpc) is 2.62. The van der Waals surface area contributed by atoms with Gasteiger partial charge in [0.15, 0.2) is 0 Å². The minimum atomic E-state index is -0.392. The van der Waals surface area contributed by atoms with E-state index in [0.29, 0.717) is 12.3 Å². The quantitative estimate of drug-likeness (QED) is 0.809. The van der Waals surface area contributed by atoms with E-state index < -0.39 is 5.91 Å². The zero-order chi connectivity index (χ0) is 13.1. The van der Waals surface area contributed by atoms with Gasteiger partial charge in [0.05, 0.1) is 6.54 Å². The van der Waals surface area contributed by atoms with Crippen LogP contribution in [0.4, 0.5) is 0 Å². The van der Waals surface area contributed by atoms with E-state index in [1.807, 2.05) is 0 Å². The molecule has 2 rings (SSSR count). The summed E-state index contributed by atoms with van der Waals surface area (Å²) in [4.78, 5) is 24.6. The minimum absolute atomic E-state index is 0.111. The van der Waals surface area contributed by atoms with Gasteiger partial charge in [0.25, 0.3) is 0 Å². The van der Waals surface area contributed by atoms with Gasteiger partial charge in [0.1, 0.15) is 0 Å². The van der Waals surface area contributed by atoms with Crippen LogP contribution in [0.1, 0.15) is 51.9 Å². The van der Waals surface area contributed by atoms with Crippen LogP contribution in [0.25, 0.3) is 0 Å². The van der Waals surface area contributed by atoms with E-state index in [2.05, 4.69) is 6.92 Å². The lowest BCUT2D eigenvalue weighted by Gasteiger charge is -2.35. The molecule has 1 saturated carbocycles. The Bertz CT molecular complexity index is 330. The molecule has 102 valence electrons. The monoisotopic (exact) mass is 252 g/mol. The van der Waals surface area contributed by atoms with Gasteiger partial charge in [-0.2, -0.15) is 0 Å². The van der Waals surface area contributed by atoms with Crippen LogP contribution in [0.15, 0.2) is 0 Å². The summed E-state index contributed by atoms with van der Waals surface area (Å²) < 4.78 is 0. The molecule has 0 aromatic rings. The van der Waals surface area contributed by atoms with Gasteiger partial charge in [0.2, 0.25) is 11.8 Å². The molecule has 3 atom stereocenters. The first kappa shape index (κ1) is 13.4. The largest absolute Gasteiger partial charge is 0.368 e. The fourth-order valence-electron chi connectivity index (χ4n) is 3.63. The van der Waals surface area contributed by atoms with Crippen LogP contribution < -0.4 is 5.73 Å². The maximum Gasteiger partial charge on any atom is 0.237 e. The van der Waals surface area contributed by atoms with Crippen molar-refractivity contribution in [3.05, 3.63) is 0 Å². The highest BCUT2D eigenvalue weighted by atomic mass is 16.2. The number of nitrogens with zero attached hydrogens (tertiary/aromatic N) is 1. The van der Waals surface area contributed by atoms with Gasteiger partial charge in [-0.25, -0.2) is 0 Å². The van der Waals surface area contributed by atoms with E-state index in [1.54, 1.807) is 4.90 Å². The van der Waals surface area contributed by atoms with Gasteiger partial charge in [-0.3, -0.25) is 9.59 Å². The number of fused-ring (bicyclic) bond motifs is 1. The summed E-state index contributed by atoms with van der Waals surface area (Å²) in [5, 5.41) is 0. The van der Waals surface area contributed by atoms with Gasteiger partial charge in [-0.15, -0.1) is 0 Å². The molecular formula is C14H24N2O2. The van der Waals surface area contributed by atoms with Crippen LogP contribution in [0.5, 0.6) is 0 Å². The first-order chi connectivity index (χ1) is 8.61. The van der Waals surface area contributed by atoms with Crippen LogP contribution in [-0.4, -0.2) is 29.3 Å². The van der Waals surface area contributed by atoms with Crippen molar-refractivity contribution in [3.63, 3.8) is 0 Å². The van der Waals surface area contributed by atoms with E-state index in [9.17, 15) is 9.59 Å². The number of nitrogens with two attached hydrogens (primary N) is 1. The maximum absolute atomic E-state index is 11.9. The van der Waals surface area contributed by atoms with Crippen LogP contribution in [-0.2, 0) is 9.59 Å². The fraction of sp³-hybridized carbons (Fsp3) is 0.857. The summed E-state index contributed by atoms with van der Waals surface area (Å²) in [6.07, 6.45) is 7.87. The van der Waals surface area contributed by atoms with E-state index >= 15 is 0 Å². The Balaban J connectivity index is 1.92. The number of unbranched alkanes of at least 4 members (excludes halogenated alkanes) is 1. The van der Waals surface area contributed by atoms with E-state index in [1.165, 1.54) is 25.7 Å². The van der Waals surface area contributed by atoms with Crippen molar-refractivity contribution in [1.82, 2.24) is 4.90 Å². The number of amides is 2. The zero-order valence-corrected chi connectivity index (χ0v) is 11.2. The van der Waals surface area contributed by atoms with Crippen molar-refractivity contribution < 1.29 is 9.59 Å². The van der Waals surface area contributed by atoms with Crippen LogP contribution >= 0.6 is 0 Å². The average molecular weight is 252 g/mol. The molecule has 18 heavy (non-hydrogen) atoms. The summed E-state index contributed by atoms with van der Waals surface area (Å²) in [5.41, 5.74) is 5.22. The van der Waals surface area contributed by atoms with Crippen molar-refractivity contribution in [2.24, 2.45) is 17.6 Å². The van der Waals surface area contributed by atoms with Crippen LogP contribution in [0, 0.1) is 11.8 Å². The van der Waals surface area contributed by atoms with Gasteiger partial charge < -0.3 is 10.6 Å². The first-order valence-corrected chi connectivity index (χ1v) is 7.19. The summed E-state index contributed by atoms with van der Waals surface area (Å²) in [6.45, 7) is 2.33. The highest BCUT2D eigenvalue weighted by molar-refractivity contribution is 5.85. The first-order valence-electron chi connectivity index (χ1n) is 7.19. The SMILES string of the molecule is CCCCC1CCC2C(CC(=O)N2CC(N)=O)C1. The molecule has 1 heterocycles. The molecule has 2 amide bonds. The van der Waals surface area contributed by atoms with E-state index in [-0.39, 0.29) is 18.5 Å². The molecule has 2 N–H and O–H groups in total. The van der Waals surface area contributed by atoms with Crippen molar-refractivity contribution >= 4 is 11.8 Å². The molecule has 0 aromatic carbocycles. The van der Waals surface area contributed by atoms with Crippen molar-refractivity contribution in [2.75, 3.05) is 6.54 Å². The Morgan fingerprint density at radius 3 is 2.89 bits per heavy atom. The summed E-state index contributed by atoms with van der Waals surface area (Å²) in [6, 6.07) is 0.280. The zero-order valence-electron chi connectivity index (χ0n) is 11.2. The second-order valence-corrected chi connectivity index (χ2v) is 5.84. The molecule has 1 saturated heterocycles. The molecule has 0 bridgehead atoms. The number of carbonyl (C=O) groups excluding carboxylic acids is 2. The molecule has 1 aliphatic heterocycles. The number of carbonyl (C=O) groups is 2. The van der Waals surface area contributed by atoms with Gasteiger partial charge in [-0.1, -0.05) is 26.2 Å². The number of rotatable bonds is 5. The number of hydrogen-bond donors (Lipinski definition) is 1. The topological polar surface area (TPSA) is 63.4 Å². The maximum atomic E-state index is 11.9. The normalized spacial score (nSPS) is 31.5. The lowest BCUT2D eigenvalue weighted by atomic mass is 9.76. The second kappa shape index (κ2) is 5.72. The predicted octanol–water partition coefficient (Wildman–Crippen LogP) is 1.68. The molecule has 1 aliphatic carbocycles. The molecule has 2 aliphatic rings. The standard InChI is InChI=1S/C14H24N2O2/c1-2-3-4-10-5-6-12-11(7-10)8-14(18)16(12)9-13(15)17/h10-12H,2-9H2,1H3,(H2,15,17). The van der Waals surface area contributed by atoms with Crippen molar-refractivity contribution in [2.45, 2.75) is 57.9 Å². The Labute approximate surface area is 109 Å². The highest BCUT2D eigenvalue weighted by Crippen LogP contribution is 2.40. The molecule has 4 nitrogen and oxygen atoms in total. The number of likely N-dealkylation sites (tertiary alicyclic amines) is 1. The Morgan fingerprint density at radius 2 is 2.22 bits per heavy atom. The molecule has 4 heteroatoms. The lowest BCUT2D eigenvalue weighted by molar-refractivity contribution is -0.133. The third-order valence-electron chi connectivity index (χ3n) is 4.50. The van der Waals surface area contributed by atoms with Crippen LogP contribution in [0.2, 0.25) is 0 Å². The smallest absolute Gasteiger partial charge is 0.237 e. The Morgan fingerprint density at radius 1 is 1.44 bits per heavy atom.